The van der Waals surface area contributed by atoms with Gasteiger partial charge in [-0.05, 0) is 36.4 Å². The van der Waals surface area contributed by atoms with Crippen molar-refractivity contribution >= 4 is 11.5 Å². The van der Waals surface area contributed by atoms with Crippen LogP contribution in [-0.2, 0) is 6.42 Å². The Kier molecular flexibility index (Phi) is 4.49. The van der Waals surface area contributed by atoms with Crippen molar-refractivity contribution in [3.05, 3.63) is 83.6 Å². The van der Waals surface area contributed by atoms with E-state index in [1.807, 2.05) is 12.1 Å². The van der Waals surface area contributed by atoms with Crippen molar-refractivity contribution in [2.24, 2.45) is 0 Å². The molecule has 0 atom stereocenters. The van der Waals surface area contributed by atoms with Crippen LogP contribution in [0.5, 0.6) is 5.75 Å². The summed E-state index contributed by atoms with van der Waals surface area (Å²) in [5.41, 5.74) is 3.43. The Bertz CT molecular complexity index is 1190. The molecule has 0 saturated carbocycles. The fourth-order valence-corrected chi connectivity index (χ4v) is 3.12. The average Bonchev–Trinajstić information content (AvgIpc) is 3.05. The Hall–Kier alpha value is -3.74. The number of halogens is 1. The van der Waals surface area contributed by atoms with E-state index in [0.717, 1.165) is 11.1 Å². The number of nitrogens with zero attached hydrogens (tertiary/aromatic N) is 3. The van der Waals surface area contributed by atoms with Gasteiger partial charge in [-0.15, -0.1) is 0 Å². The van der Waals surface area contributed by atoms with Crippen LogP contribution in [0.2, 0.25) is 0 Å². The number of rotatable bonds is 5. The number of fused-ring (bicyclic) bond motifs is 1. The minimum Gasteiger partial charge on any atom is -0.495 e. The van der Waals surface area contributed by atoms with Crippen LogP contribution >= 0.6 is 0 Å². The number of pyridine rings is 2. The minimum atomic E-state index is -1.09. The van der Waals surface area contributed by atoms with E-state index in [0.29, 0.717) is 29.1 Å². The Morgan fingerprint density at radius 3 is 2.75 bits per heavy atom. The van der Waals surface area contributed by atoms with Gasteiger partial charge in [-0.3, -0.25) is 0 Å². The first-order valence-corrected chi connectivity index (χ1v) is 8.55. The van der Waals surface area contributed by atoms with Gasteiger partial charge in [0, 0.05) is 23.2 Å². The summed E-state index contributed by atoms with van der Waals surface area (Å²) >= 11 is 0. The monoisotopic (exact) mass is 377 g/mol. The molecule has 0 amide bonds. The lowest BCUT2D eigenvalue weighted by Gasteiger charge is -2.05. The van der Waals surface area contributed by atoms with Crippen molar-refractivity contribution in [2.75, 3.05) is 7.11 Å². The number of methoxy groups -OCH3 is 1. The summed E-state index contributed by atoms with van der Waals surface area (Å²) in [4.78, 5) is 15.4. The van der Waals surface area contributed by atoms with E-state index in [1.165, 1.54) is 18.2 Å². The maximum Gasteiger partial charge on any atom is 0.354 e. The van der Waals surface area contributed by atoms with Gasteiger partial charge in [0.1, 0.15) is 17.3 Å². The molecule has 3 heterocycles. The number of hydrogen-bond acceptors (Lipinski definition) is 4. The molecule has 1 N–H and O–H groups in total. The second-order valence-corrected chi connectivity index (χ2v) is 6.23. The van der Waals surface area contributed by atoms with Crippen LogP contribution in [0.15, 0.2) is 60.8 Å². The number of carboxylic acid groups (broad SMARTS) is 1. The zero-order chi connectivity index (χ0) is 19.7. The van der Waals surface area contributed by atoms with Gasteiger partial charge in [-0.25, -0.2) is 18.7 Å². The molecule has 3 aromatic heterocycles. The third-order valence-corrected chi connectivity index (χ3v) is 4.42. The van der Waals surface area contributed by atoms with Crippen molar-refractivity contribution < 1.29 is 19.0 Å². The van der Waals surface area contributed by atoms with E-state index < -0.39 is 5.97 Å². The first kappa shape index (κ1) is 17.7. The van der Waals surface area contributed by atoms with Gasteiger partial charge in [0.15, 0.2) is 0 Å². The Morgan fingerprint density at radius 2 is 2.00 bits per heavy atom. The second kappa shape index (κ2) is 7.11. The molecular weight excluding hydrogens is 361 g/mol. The number of hydrogen-bond donors (Lipinski definition) is 1. The van der Waals surface area contributed by atoms with E-state index in [-0.39, 0.29) is 11.5 Å². The molecule has 140 valence electrons. The molecular formula is C21H16FN3O3. The topological polar surface area (TPSA) is 76.7 Å². The van der Waals surface area contributed by atoms with Crippen molar-refractivity contribution in [2.45, 2.75) is 6.42 Å². The van der Waals surface area contributed by atoms with Crippen LogP contribution in [0, 0.1) is 5.82 Å². The van der Waals surface area contributed by atoms with Gasteiger partial charge < -0.3 is 9.84 Å². The Labute approximate surface area is 159 Å². The van der Waals surface area contributed by atoms with Crippen LogP contribution < -0.4 is 4.74 Å². The quantitative estimate of drug-likeness (QED) is 0.572. The summed E-state index contributed by atoms with van der Waals surface area (Å²) in [7, 11) is 1.57. The fraction of sp³-hybridized carbons (Fsp3) is 0.0952. The van der Waals surface area contributed by atoms with Gasteiger partial charge in [-0.1, -0.05) is 18.2 Å². The first-order chi connectivity index (χ1) is 13.5. The lowest BCUT2D eigenvalue weighted by molar-refractivity contribution is 0.0690. The van der Waals surface area contributed by atoms with Gasteiger partial charge in [0.2, 0.25) is 0 Å². The van der Waals surface area contributed by atoms with Gasteiger partial charge in [0.05, 0.1) is 24.5 Å². The Morgan fingerprint density at radius 1 is 1.18 bits per heavy atom. The molecule has 0 unspecified atom stereocenters. The SMILES string of the molecule is COc1ccc2c(Cc3cccc(C(=O)O)n3)c(-c3cccc(F)c3)nn2c1. The summed E-state index contributed by atoms with van der Waals surface area (Å²) < 4.78 is 20.7. The molecule has 28 heavy (non-hydrogen) atoms. The van der Waals surface area contributed by atoms with Crippen LogP contribution in [-0.4, -0.2) is 32.8 Å². The molecule has 7 heteroatoms. The predicted molar refractivity (Wildman–Crippen MR) is 101 cm³/mol. The van der Waals surface area contributed by atoms with E-state index in [1.54, 1.807) is 42.1 Å². The number of aromatic carboxylic acids is 1. The normalized spacial score (nSPS) is 10.9. The van der Waals surface area contributed by atoms with Crippen LogP contribution in [0.1, 0.15) is 21.7 Å². The third-order valence-electron chi connectivity index (χ3n) is 4.42. The zero-order valence-electron chi connectivity index (χ0n) is 15.0. The summed E-state index contributed by atoms with van der Waals surface area (Å²) in [5, 5.41) is 13.8. The smallest absolute Gasteiger partial charge is 0.354 e. The average molecular weight is 377 g/mol. The van der Waals surface area contributed by atoms with E-state index in [2.05, 4.69) is 10.1 Å². The number of carboxylic acids is 1. The molecule has 0 aliphatic rings. The first-order valence-electron chi connectivity index (χ1n) is 8.55. The molecule has 1 aromatic carbocycles. The molecule has 0 bridgehead atoms. The highest BCUT2D eigenvalue weighted by Gasteiger charge is 2.17. The van der Waals surface area contributed by atoms with E-state index >= 15 is 0 Å². The van der Waals surface area contributed by atoms with Crippen LogP contribution in [0.25, 0.3) is 16.8 Å². The summed E-state index contributed by atoms with van der Waals surface area (Å²) in [6, 6.07) is 14.7. The van der Waals surface area contributed by atoms with E-state index in [9.17, 15) is 14.3 Å². The number of aromatic nitrogens is 3. The Balaban J connectivity index is 1.88. The highest BCUT2D eigenvalue weighted by Crippen LogP contribution is 2.29. The van der Waals surface area contributed by atoms with Crippen LogP contribution in [0.4, 0.5) is 4.39 Å². The molecule has 0 fully saturated rings. The van der Waals surface area contributed by atoms with Crippen molar-refractivity contribution in [1.29, 1.82) is 0 Å². The molecule has 0 radical (unpaired) electrons. The molecule has 0 aliphatic heterocycles. The number of carbonyl (C=O) groups is 1. The summed E-state index contributed by atoms with van der Waals surface area (Å²) in [6.45, 7) is 0. The highest BCUT2D eigenvalue weighted by molar-refractivity contribution is 5.85. The number of ether oxygens (including phenoxy) is 1. The molecule has 0 saturated heterocycles. The van der Waals surface area contributed by atoms with Crippen molar-refractivity contribution in [3.8, 4) is 17.0 Å². The molecule has 4 rings (SSSR count). The molecule has 0 aliphatic carbocycles. The standard InChI is InChI=1S/C21H16FN3O3/c1-28-16-8-9-19-17(11-15-6-3-7-18(23-15)21(26)27)20(24-25(19)12-16)13-4-2-5-14(22)10-13/h2-10,12H,11H2,1H3,(H,26,27). The van der Waals surface area contributed by atoms with Crippen molar-refractivity contribution in [1.82, 2.24) is 14.6 Å². The van der Waals surface area contributed by atoms with Crippen molar-refractivity contribution in [3.63, 3.8) is 0 Å². The van der Waals surface area contributed by atoms with Gasteiger partial charge >= 0.3 is 5.97 Å². The largest absolute Gasteiger partial charge is 0.495 e. The maximum absolute atomic E-state index is 13.8. The second-order valence-electron chi connectivity index (χ2n) is 6.23. The molecule has 0 spiro atoms. The van der Waals surface area contributed by atoms with E-state index in [4.69, 9.17) is 4.74 Å². The molecule has 4 aromatic rings. The third kappa shape index (κ3) is 3.29. The van der Waals surface area contributed by atoms with Gasteiger partial charge in [-0.2, -0.15) is 5.10 Å². The summed E-state index contributed by atoms with van der Waals surface area (Å²) in [6.07, 6.45) is 2.09. The fourth-order valence-electron chi connectivity index (χ4n) is 3.12. The summed E-state index contributed by atoms with van der Waals surface area (Å²) in [5.74, 6) is -0.806. The molecule has 6 nitrogen and oxygen atoms in total. The lowest BCUT2D eigenvalue weighted by atomic mass is 10.0. The van der Waals surface area contributed by atoms with Gasteiger partial charge in [0.25, 0.3) is 0 Å². The highest BCUT2D eigenvalue weighted by atomic mass is 19.1. The minimum absolute atomic E-state index is 0.0250. The maximum atomic E-state index is 13.8. The lowest BCUT2D eigenvalue weighted by Crippen LogP contribution is -2.03. The zero-order valence-corrected chi connectivity index (χ0v) is 15.0. The predicted octanol–water partition coefficient (Wildman–Crippen LogP) is 3.83. The van der Waals surface area contributed by atoms with Crippen LogP contribution in [0.3, 0.4) is 0 Å². The number of benzene rings is 1.